The molecule has 3 amide bonds. The molecule has 3 aliphatic heterocycles. The number of amides is 3. The van der Waals surface area contributed by atoms with E-state index >= 15 is 0 Å². The number of aliphatic hydroxyl groups excluding tert-OH is 1. The summed E-state index contributed by atoms with van der Waals surface area (Å²) in [5.74, 6) is -1.23. The Bertz CT molecular complexity index is 835. The van der Waals surface area contributed by atoms with E-state index in [9.17, 15) is 19.5 Å². The lowest BCUT2D eigenvalue weighted by Gasteiger charge is -2.40. The van der Waals surface area contributed by atoms with Crippen molar-refractivity contribution in [1.29, 1.82) is 0 Å². The topological polar surface area (TPSA) is 81.2 Å². The maximum absolute atomic E-state index is 14.2. The number of rotatable bonds is 13. The molecule has 3 fully saturated rings. The minimum atomic E-state index is -0.687. The summed E-state index contributed by atoms with van der Waals surface area (Å²) in [5.41, 5.74) is 0. The van der Waals surface area contributed by atoms with Crippen LogP contribution in [-0.4, -0.2) is 91.9 Å². The summed E-state index contributed by atoms with van der Waals surface area (Å²) < 4.78 is -0.639. The van der Waals surface area contributed by atoms with E-state index in [1.165, 1.54) is 0 Å². The van der Waals surface area contributed by atoms with Crippen molar-refractivity contribution in [3.05, 3.63) is 25.3 Å². The van der Waals surface area contributed by atoms with Crippen LogP contribution >= 0.6 is 11.8 Å². The molecular formula is C27H43N3O4S. The lowest BCUT2D eigenvalue weighted by molar-refractivity contribution is -0.147. The molecule has 2 bridgehead atoms. The van der Waals surface area contributed by atoms with Gasteiger partial charge in [0, 0.05) is 30.9 Å². The van der Waals surface area contributed by atoms with Crippen LogP contribution in [0.1, 0.15) is 59.8 Å². The Morgan fingerprint density at radius 2 is 1.89 bits per heavy atom. The fourth-order valence-corrected chi connectivity index (χ4v) is 8.69. The number of fused-ring (bicyclic) bond motifs is 1. The van der Waals surface area contributed by atoms with Crippen LogP contribution < -0.4 is 0 Å². The van der Waals surface area contributed by atoms with Crippen LogP contribution in [0.3, 0.4) is 0 Å². The molecule has 35 heavy (non-hydrogen) atoms. The SMILES string of the molecule is C=CCN(CCC)C(=O)[C@@H]1[C@@H]2CCC3(S2)C(C(=O)N(CC=C)C(C)CCC)N([C@H](C)CO)C(=O)[C@H]13. The quantitative estimate of drug-likeness (QED) is 0.389. The zero-order valence-corrected chi connectivity index (χ0v) is 22.6. The lowest BCUT2D eigenvalue weighted by Crippen LogP contribution is -2.58. The summed E-state index contributed by atoms with van der Waals surface area (Å²) >= 11 is 1.68. The van der Waals surface area contributed by atoms with Crippen LogP contribution in [0.25, 0.3) is 0 Å². The fraction of sp³-hybridized carbons (Fsp3) is 0.741. The lowest BCUT2D eigenvalue weighted by atomic mass is 9.70. The van der Waals surface area contributed by atoms with Crippen LogP contribution in [0, 0.1) is 11.8 Å². The number of likely N-dealkylation sites (tertiary alicyclic amines) is 1. The highest BCUT2D eigenvalue weighted by Crippen LogP contribution is 2.67. The minimum absolute atomic E-state index is 0.00354. The van der Waals surface area contributed by atoms with Crippen molar-refractivity contribution in [2.75, 3.05) is 26.2 Å². The first-order valence-corrected chi connectivity index (χ1v) is 14.0. The number of hydrogen-bond donors (Lipinski definition) is 1. The van der Waals surface area contributed by atoms with Crippen molar-refractivity contribution >= 4 is 29.5 Å². The monoisotopic (exact) mass is 505 g/mol. The highest BCUT2D eigenvalue weighted by atomic mass is 32.2. The predicted molar refractivity (Wildman–Crippen MR) is 141 cm³/mol. The second kappa shape index (κ2) is 11.5. The first kappa shape index (κ1) is 27.8. The van der Waals surface area contributed by atoms with Gasteiger partial charge < -0.3 is 19.8 Å². The molecule has 0 saturated carbocycles. The van der Waals surface area contributed by atoms with Crippen molar-refractivity contribution in [1.82, 2.24) is 14.7 Å². The van der Waals surface area contributed by atoms with Gasteiger partial charge in [-0.25, -0.2) is 0 Å². The van der Waals surface area contributed by atoms with Gasteiger partial charge in [0.2, 0.25) is 17.7 Å². The molecule has 0 aromatic heterocycles. The van der Waals surface area contributed by atoms with E-state index in [1.54, 1.807) is 35.7 Å². The number of carbonyl (C=O) groups excluding carboxylic acids is 3. The van der Waals surface area contributed by atoms with Gasteiger partial charge in [0.05, 0.1) is 29.2 Å². The summed E-state index contributed by atoms with van der Waals surface area (Å²) in [5, 5.41) is 10.1. The Kier molecular flexibility index (Phi) is 9.13. The average molecular weight is 506 g/mol. The smallest absolute Gasteiger partial charge is 0.247 e. The van der Waals surface area contributed by atoms with Crippen LogP contribution in [0.4, 0.5) is 0 Å². The molecule has 7 atom stereocenters. The van der Waals surface area contributed by atoms with Crippen LogP contribution in [-0.2, 0) is 14.4 Å². The Morgan fingerprint density at radius 3 is 2.46 bits per heavy atom. The van der Waals surface area contributed by atoms with Gasteiger partial charge in [0.1, 0.15) is 6.04 Å². The fourth-order valence-electron chi connectivity index (χ4n) is 6.50. The summed E-state index contributed by atoms with van der Waals surface area (Å²) in [4.78, 5) is 47.3. The summed E-state index contributed by atoms with van der Waals surface area (Å²) in [6.07, 6.45) is 7.64. The van der Waals surface area contributed by atoms with Gasteiger partial charge in [0.25, 0.3) is 0 Å². The van der Waals surface area contributed by atoms with Crippen LogP contribution in [0.5, 0.6) is 0 Å². The molecule has 3 aliphatic rings. The number of nitrogens with zero attached hydrogens (tertiary/aromatic N) is 3. The number of thioether (sulfide) groups is 1. The van der Waals surface area contributed by atoms with E-state index in [4.69, 9.17) is 0 Å². The summed E-state index contributed by atoms with van der Waals surface area (Å²) in [7, 11) is 0. The molecule has 1 spiro atoms. The van der Waals surface area contributed by atoms with Gasteiger partial charge in [-0.15, -0.1) is 24.9 Å². The zero-order valence-electron chi connectivity index (χ0n) is 21.8. The van der Waals surface area contributed by atoms with Crippen molar-refractivity contribution in [2.24, 2.45) is 11.8 Å². The molecule has 196 valence electrons. The maximum Gasteiger partial charge on any atom is 0.247 e. The first-order chi connectivity index (χ1) is 16.7. The van der Waals surface area contributed by atoms with Crippen molar-refractivity contribution in [2.45, 2.75) is 87.9 Å². The third-order valence-electron chi connectivity index (χ3n) is 8.00. The standard InChI is InChI=1S/C27H43N3O4S/c1-7-11-18(5)29(16-10-4)26(34)23-27-13-12-20(35-27)21(24(32)28(14-8-2)15-9-3)22(27)25(33)30(23)19(6)17-31/h8,10,18-23,31H,2,4,7,9,11-17H2,1,3,5-6H3/t18?,19-,20+,21-,22+,23?,27?/m1/s1. The van der Waals surface area contributed by atoms with E-state index < -0.39 is 28.7 Å². The Morgan fingerprint density at radius 1 is 1.20 bits per heavy atom. The molecule has 1 N–H and O–H groups in total. The largest absolute Gasteiger partial charge is 0.394 e. The molecular weight excluding hydrogens is 462 g/mol. The molecule has 0 radical (unpaired) electrons. The van der Waals surface area contributed by atoms with Crippen molar-refractivity contribution < 1.29 is 19.5 Å². The predicted octanol–water partition coefficient (Wildman–Crippen LogP) is 3.09. The van der Waals surface area contributed by atoms with Crippen LogP contribution in [0.15, 0.2) is 25.3 Å². The third-order valence-corrected chi connectivity index (χ3v) is 9.95. The third kappa shape index (κ3) is 4.68. The number of hydrogen-bond acceptors (Lipinski definition) is 5. The van der Waals surface area contributed by atoms with E-state index in [0.29, 0.717) is 19.6 Å². The molecule has 0 aromatic rings. The summed E-state index contributed by atoms with van der Waals surface area (Å²) in [6.45, 7) is 16.9. The number of carbonyl (C=O) groups is 3. The van der Waals surface area contributed by atoms with E-state index in [0.717, 1.165) is 32.1 Å². The highest BCUT2D eigenvalue weighted by Gasteiger charge is 2.74. The Hall–Kier alpha value is -1.80. The molecule has 3 unspecified atom stereocenters. The van der Waals surface area contributed by atoms with Gasteiger partial charge in [-0.2, -0.15) is 0 Å². The molecule has 3 rings (SSSR count). The van der Waals surface area contributed by atoms with Crippen molar-refractivity contribution in [3.8, 4) is 0 Å². The van der Waals surface area contributed by atoms with E-state index in [-0.39, 0.29) is 35.6 Å². The van der Waals surface area contributed by atoms with Gasteiger partial charge in [-0.1, -0.05) is 32.4 Å². The molecule has 0 aromatic carbocycles. The second-order valence-electron chi connectivity index (χ2n) is 10.3. The van der Waals surface area contributed by atoms with E-state index in [2.05, 4.69) is 20.1 Å². The zero-order chi connectivity index (χ0) is 25.9. The van der Waals surface area contributed by atoms with Gasteiger partial charge in [-0.05, 0) is 39.5 Å². The van der Waals surface area contributed by atoms with Crippen LogP contribution in [0.2, 0.25) is 0 Å². The molecule has 8 heteroatoms. The molecule has 0 aliphatic carbocycles. The normalized spacial score (nSPS) is 30.7. The van der Waals surface area contributed by atoms with Crippen molar-refractivity contribution in [3.63, 3.8) is 0 Å². The summed E-state index contributed by atoms with van der Waals surface area (Å²) in [6, 6.07) is -1.18. The second-order valence-corrected chi connectivity index (χ2v) is 11.9. The number of aliphatic hydroxyl groups is 1. The van der Waals surface area contributed by atoms with Gasteiger partial charge >= 0.3 is 0 Å². The average Bonchev–Trinajstić information content (AvgIpc) is 3.48. The minimum Gasteiger partial charge on any atom is -0.394 e. The van der Waals surface area contributed by atoms with Gasteiger partial charge in [-0.3, -0.25) is 14.4 Å². The molecule has 3 saturated heterocycles. The highest BCUT2D eigenvalue weighted by molar-refractivity contribution is 8.02. The van der Waals surface area contributed by atoms with E-state index in [1.807, 2.05) is 23.6 Å². The Balaban J connectivity index is 2.05. The molecule has 3 heterocycles. The Labute approximate surface area is 215 Å². The maximum atomic E-state index is 14.2. The first-order valence-electron chi connectivity index (χ1n) is 13.2. The van der Waals surface area contributed by atoms with Gasteiger partial charge in [0.15, 0.2) is 0 Å². The molecule has 7 nitrogen and oxygen atoms in total.